The predicted octanol–water partition coefficient (Wildman–Crippen LogP) is 6.34. The summed E-state index contributed by atoms with van der Waals surface area (Å²) in [6, 6.07) is 9.88. The van der Waals surface area contributed by atoms with E-state index in [1.54, 1.807) is 7.11 Å². The minimum atomic E-state index is -1.88. The fourth-order valence-electron chi connectivity index (χ4n) is 4.74. The van der Waals surface area contributed by atoms with E-state index in [1.807, 2.05) is 58.0 Å². The SMILES string of the molecule is CCC(C(=O)Nc1c(C)cc(OC)cc1C)[P+](CC)(CC)CC(=O)Nc1c(C)cccc1C.[Y]. The van der Waals surface area contributed by atoms with Gasteiger partial charge in [-0.2, -0.15) is 0 Å². The van der Waals surface area contributed by atoms with E-state index in [4.69, 9.17) is 4.74 Å². The Morgan fingerprint density at radius 1 is 0.882 bits per heavy atom. The van der Waals surface area contributed by atoms with Gasteiger partial charge in [0.25, 0.3) is 11.8 Å². The van der Waals surface area contributed by atoms with Crippen molar-refractivity contribution in [3.8, 4) is 5.75 Å². The smallest absolute Gasteiger partial charge is 0.265 e. The minimum Gasteiger partial charge on any atom is -0.497 e. The standard InChI is InChI=1S/C27H39N2O3P.Y/c1-9-23(27(31)29-26-20(6)15-22(32-8)16-21(26)7)33(10-2,11-3)17-24(30)28-25-18(4)13-12-14-19(25)5;/h12-16,23H,9-11,17H2,1-8H3,(H-,28,29,30,31);/p+1. The quantitative estimate of drug-likeness (QED) is 0.334. The van der Waals surface area contributed by atoms with E-state index in [9.17, 15) is 9.59 Å². The van der Waals surface area contributed by atoms with Crippen molar-refractivity contribution in [2.24, 2.45) is 0 Å². The van der Waals surface area contributed by atoms with Crippen LogP contribution in [0.2, 0.25) is 0 Å². The van der Waals surface area contributed by atoms with Crippen LogP contribution in [0.4, 0.5) is 11.4 Å². The summed E-state index contributed by atoms with van der Waals surface area (Å²) in [4.78, 5) is 26.8. The normalized spacial score (nSPS) is 11.9. The van der Waals surface area contributed by atoms with Crippen molar-refractivity contribution in [2.45, 2.75) is 60.5 Å². The van der Waals surface area contributed by atoms with Gasteiger partial charge in [-0.05, 0) is 82.3 Å². The number of anilines is 2. The van der Waals surface area contributed by atoms with Gasteiger partial charge in [-0.25, -0.2) is 0 Å². The molecule has 2 rings (SSSR count). The van der Waals surface area contributed by atoms with Crippen molar-refractivity contribution < 1.29 is 47.0 Å². The van der Waals surface area contributed by atoms with Gasteiger partial charge in [-0.15, -0.1) is 0 Å². The summed E-state index contributed by atoms with van der Waals surface area (Å²) in [5, 5.41) is 6.34. The molecule has 0 saturated heterocycles. The molecule has 34 heavy (non-hydrogen) atoms. The number of amides is 2. The Morgan fingerprint density at radius 2 is 1.38 bits per heavy atom. The summed E-state index contributed by atoms with van der Waals surface area (Å²) < 4.78 is 5.35. The number of aryl methyl sites for hydroxylation is 4. The Hall–Kier alpha value is -1.29. The largest absolute Gasteiger partial charge is 0.497 e. The van der Waals surface area contributed by atoms with Gasteiger partial charge >= 0.3 is 0 Å². The van der Waals surface area contributed by atoms with E-state index in [0.29, 0.717) is 12.6 Å². The average Bonchev–Trinajstić information content (AvgIpc) is 2.78. The first kappa shape index (κ1) is 30.7. The van der Waals surface area contributed by atoms with Crippen LogP contribution in [0.1, 0.15) is 49.4 Å². The first-order chi connectivity index (χ1) is 15.6. The average molecular weight is 561 g/mol. The van der Waals surface area contributed by atoms with E-state index in [-0.39, 0.29) is 50.2 Å². The van der Waals surface area contributed by atoms with Gasteiger partial charge in [-0.1, -0.05) is 25.1 Å². The number of benzene rings is 2. The molecular formula is C27H40N2O3PY+. The summed E-state index contributed by atoms with van der Waals surface area (Å²) in [7, 11) is -0.236. The fourth-order valence-corrected chi connectivity index (χ4v) is 8.73. The predicted molar refractivity (Wildman–Crippen MR) is 143 cm³/mol. The number of carbonyl (C=O) groups excluding carboxylic acids is 2. The van der Waals surface area contributed by atoms with Gasteiger partial charge < -0.3 is 15.4 Å². The number of nitrogens with one attached hydrogen (secondary N) is 2. The molecule has 0 spiro atoms. The third-order valence-corrected chi connectivity index (χ3v) is 12.2. The number of para-hydroxylation sites is 1. The van der Waals surface area contributed by atoms with Crippen LogP contribution in [0, 0.1) is 27.7 Å². The Labute approximate surface area is 231 Å². The maximum Gasteiger partial charge on any atom is 0.265 e. The van der Waals surface area contributed by atoms with Crippen LogP contribution in [-0.4, -0.2) is 43.1 Å². The summed E-state index contributed by atoms with van der Waals surface area (Å²) in [5.74, 6) is 0.806. The summed E-state index contributed by atoms with van der Waals surface area (Å²) in [6.07, 6.45) is 2.85. The zero-order chi connectivity index (χ0) is 24.8. The molecule has 0 aliphatic heterocycles. The van der Waals surface area contributed by atoms with Gasteiger partial charge in [0.15, 0.2) is 0 Å². The van der Waals surface area contributed by atoms with Crippen LogP contribution in [0.25, 0.3) is 0 Å². The number of hydrogen-bond acceptors (Lipinski definition) is 3. The Morgan fingerprint density at radius 3 is 1.82 bits per heavy atom. The van der Waals surface area contributed by atoms with Crippen molar-refractivity contribution in [1.82, 2.24) is 0 Å². The van der Waals surface area contributed by atoms with Gasteiger partial charge in [-0.3, -0.25) is 9.59 Å². The molecule has 2 aromatic rings. The third kappa shape index (κ3) is 7.12. The number of hydrogen-bond donors (Lipinski definition) is 2. The van der Waals surface area contributed by atoms with Crippen molar-refractivity contribution >= 4 is 30.5 Å². The third-order valence-electron chi connectivity index (χ3n) is 6.80. The Kier molecular flexibility index (Phi) is 12.4. The van der Waals surface area contributed by atoms with Crippen molar-refractivity contribution in [3.63, 3.8) is 0 Å². The molecule has 0 fully saturated rings. The van der Waals surface area contributed by atoms with Gasteiger partial charge in [0.2, 0.25) is 0 Å². The number of methoxy groups -OCH3 is 1. The Bertz CT molecular complexity index is 962. The molecule has 0 aliphatic carbocycles. The molecule has 1 radical (unpaired) electrons. The van der Waals surface area contributed by atoms with E-state index in [2.05, 4.69) is 31.4 Å². The van der Waals surface area contributed by atoms with Crippen LogP contribution in [0.3, 0.4) is 0 Å². The van der Waals surface area contributed by atoms with Crippen LogP contribution < -0.4 is 15.4 Å². The van der Waals surface area contributed by atoms with E-state index < -0.39 is 7.26 Å². The second-order valence-electron chi connectivity index (χ2n) is 8.87. The zero-order valence-electron chi connectivity index (χ0n) is 22.0. The molecule has 2 amide bonds. The Balaban J connectivity index is 0.00000578. The number of ether oxygens (including phenoxy) is 1. The fraction of sp³-hybridized carbons (Fsp3) is 0.481. The molecule has 0 aliphatic rings. The van der Waals surface area contributed by atoms with Crippen molar-refractivity contribution in [2.75, 3.05) is 36.2 Å². The maximum absolute atomic E-state index is 13.6. The molecule has 183 valence electrons. The molecule has 1 atom stereocenters. The van der Waals surface area contributed by atoms with E-state index >= 15 is 0 Å². The molecule has 5 nitrogen and oxygen atoms in total. The summed E-state index contributed by atoms with van der Waals surface area (Å²) in [6.45, 7) is 14.3. The van der Waals surface area contributed by atoms with Crippen LogP contribution in [0.5, 0.6) is 5.75 Å². The summed E-state index contributed by atoms with van der Waals surface area (Å²) in [5.41, 5.74) is 5.60. The molecule has 0 saturated carbocycles. The molecule has 2 aromatic carbocycles. The van der Waals surface area contributed by atoms with Crippen LogP contribution >= 0.6 is 7.26 Å². The van der Waals surface area contributed by atoms with Crippen LogP contribution in [0.15, 0.2) is 30.3 Å². The van der Waals surface area contributed by atoms with Gasteiger partial charge in [0.05, 0.1) is 19.4 Å². The van der Waals surface area contributed by atoms with Crippen molar-refractivity contribution in [3.05, 3.63) is 52.6 Å². The molecule has 2 N–H and O–H groups in total. The molecule has 0 aromatic heterocycles. The second-order valence-corrected chi connectivity index (χ2v) is 13.5. The molecule has 7 heteroatoms. The zero-order valence-corrected chi connectivity index (χ0v) is 25.8. The van der Waals surface area contributed by atoms with Gasteiger partial charge in [0.1, 0.15) is 17.6 Å². The summed E-state index contributed by atoms with van der Waals surface area (Å²) >= 11 is 0. The first-order valence-electron chi connectivity index (χ1n) is 11.8. The molecule has 0 heterocycles. The van der Waals surface area contributed by atoms with Crippen LogP contribution in [-0.2, 0) is 42.3 Å². The number of rotatable bonds is 10. The second kappa shape index (κ2) is 13.7. The molecular weight excluding hydrogens is 520 g/mol. The maximum atomic E-state index is 13.6. The first-order valence-corrected chi connectivity index (χ1v) is 14.2. The van der Waals surface area contributed by atoms with E-state index in [0.717, 1.165) is 51.7 Å². The molecule has 1 unspecified atom stereocenters. The van der Waals surface area contributed by atoms with Crippen molar-refractivity contribution in [1.29, 1.82) is 0 Å². The molecule has 0 bridgehead atoms. The van der Waals surface area contributed by atoms with E-state index in [1.165, 1.54) is 0 Å². The minimum absolute atomic E-state index is 0. The monoisotopic (exact) mass is 560 g/mol. The number of carbonyl (C=O) groups is 2. The topological polar surface area (TPSA) is 67.4 Å². The van der Waals surface area contributed by atoms with Gasteiger partial charge in [0, 0.05) is 51.3 Å².